The number of hydrogen-bond acceptors (Lipinski definition) is 4. The van der Waals surface area contributed by atoms with Gasteiger partial charge in [0.25, 0.3) is 5.91 Å². The fourth-order valence-electron chi connectivity index (χ4n) is 3.62. The van der Waals surface area contributed by atoms with Crippen molar-refractivity contribution in [1.82, 2.24) is 4.90 Å². The Kier molecular flexibility index (Phi) is 5.41. The molecule has 6 heteroatoms. The molecule has 1 fully saturated rings. The lowest BCUT2D eigenvalue weighted by atomic mass is 9.89. The minimum absolute atomic E-state index is 0.0519. The van der Waals surface area contributed by atoms with Gasteiger partial charge in [0, 0.05) is 30.1 Å². The van der Waals surface area contributed by atoms with E-state index in [1.807, 2.05) is 18.2 Å². The van der Waals surface area contributed by atoms with Gasteiger partial charge in [-0.3, -0.25) is 9.59 Å². The standard InChI is InChI=1S/C23H20ClNO4/c24-19-4-2-1-3-18(19)20-9-10-21(29-20)23(28)25-13-11-16(12-14-25)22(27)15-5-7-17(26)8-6-15/h1-10,16,26H,11-14H2. The monoisotopic (exact) mass is 409 g/mol. The van der Waals surface area contributed by atoms with Crippen molar-refractivity contribution >= 4 is 23.3 Å². The first kappa shape index (κ1) is 19.3. The first-order chi connectivity index (χ1) is 14.0. The molecular formula is C23H20ClNO4. The Bertz CT molecular complexity index is 1030. The zero-order valence-corrected chi connectivity index (χ0v) is 16.4. The molecule has 0 atom stereocenters. The van der Waals surface area contributed by atoms with E-state index in [2.05, 4.69) is 0 Å². The lowest BCUT2D eigenvalue weighted by molar-refractivity contribution is 0.0625. The normalized spacial score (nSPS) is 14.7. The maximum absolute atomic E-state index is 12.8. The van der Waals surface area contributed by atoms with E-state index in [-0.39, 0.29) is 29.1 Å². The average Bonchev–Trinajstić information content (AvgIpc) is 3.24. The molecular weight excluding hydrogens is 390 g/mol. The van der Waals surface area contributed by atoms with Crippen LogP contribution in [-0.2, 0) is 0 Å². The molecule has 4 rings (SSSR count). The maximum atomic E-state index is 12.8. The van der Waals surface area contributed by atoms with Gasteiger partial charge in [-0.2, -0.15) is 0 Å². The van der Waals surface area contributed by atoms with Gasteiger partial charge in [-0.25, -0.2) is 0 Å². The number of carbonyl (C=O) groups excluding carboxylic acids is 2. The molecule has 0 unspecified atom stereocenters. The molecule has 1 aromatic heterocycles. The number of carbonyl (C=O) groups is 2. The first-order valence-electron chi connectivity index (χ1n) is 9.50. The number of rotatable bonds is 4. The van der Waals surface area contributed by atoms with Crippen molar-refractivity contribution in [3.8, 4) is 17.1 Å². The predicted octanol–water partition coefficient (Wildman–Crippen LogP) is 5.04. The third-order valence-electron chi connectivity index (χ3n) is 5.26. The van der Waals surface area contributed by atoms with Crippen LogP contribution in [0.25, 0.3) is 11.3 Å². The smallest absolute Gasteiger partial charge is 0.289 e. The van der Waals surface area contributed by atoms with Gasteiger partial charge in [-0.05, 0) is 61.4 Å². The van der Waals surface area contributed by atoms with Crippen molar-refractivity contribution in [2.45, 2.75) is 12.8 Å². The number of benzene rings is 2. The van der Waals surface area contributed by atoms with Crippen molar-refractivity contribution in [2.24, 2.45) is 5.92 Å². The number of hydrogen-bond donors (Lipinski definition) is 1. The average molecular weight is 410 g/mol. The molecule has 1 saturated heterocycles. The molecule has 0 saturated carbocycles. The second-order valence-corrected chi connectivity index (χ2v) is 7.53. The Labute approximate surface area is 173 Å². The third-order valence-corrected chi connectivity index (χ3v) is 5.59. The number of ketones is 1. The second kappa shape index (κ2) is 8.13. The largest absolute Gasteiger partial charge is 0.508 e. The van der Waals surface area contributed by atoms with Crippen LogP contribution in [-0.4, -0.2) is 34.8 Å². The molecule has 0 aliphatic carbocycles. The summed E-state index contributed by atoms with van der Waals surface area (Å²) in [5.41, 5.74) is 1.33. The van der Waals surface area contributed by atoms with Crippen LogP contribution in [0.15, 0.2) is 65.1 Å². The zero-order valence-electron chi connectivity index (χ0n) is 15.7. The van der Waals surface area contributed by atoms with E-state index in [9.17, 15) is 14.7 Å². The van der Waals surface area contributed by atoms with Crippen LogP contribution in [0.3, 0.4) is 0 Å². The summed E-state index contributed by atoms with van der Waals surface area (Å²) in [6.45, 7) is 0.991. The summed E-state index contributed by atoms with van der Waals surface area (Å²) >= 11 is 6.20. The predicted molar refractivity (Wildman–Crippen MR) is 110 cm³/mol. The van der Waals surface area contributed by atoms with Gasteiger partial charge in [0.05, 0.1) is 5.02 Å². The van der Waals surface area contributed by atoms with Crippen LogP contribution < -0.4 is 0 Å². The highest BCUT2D eigenvalue weighted by molar-refractivity contribution is 6.33. The highest BCUT2D eigenvalue weighted by atomic mass is 35.5. The number of aromatic hydroxyl groups is 1. The topological polar surface area (TPSA) is 70.8 Å². The number of halogens is 1. The molecule has 1 aliphatic rings. The zero-order chi connectivity index (χ0) is 20.4. The number of Topliss-reactive ketones (excluding diaryl/α,β-unsaturated/α-hetero) is 1. The quantitative estimate of drug-likeness (QED) is 0.613. The number of nitrogens with zero attached hydrogens (tertiary/aromatic N) is 1. The number of amides is 1. The summed E-state index contributed by atoms with van der Waals surface area (Å²) in [6, 6.07) is 17.0. The molecule has 148 valence electrons. The fraction of sp³-hybridized carbons (Fsp3) is 0.217. The highest BCUT2D eigenvalue weighted by Crippen LogP contribution is 2.30. The maximum Gasteiger partial charge on any atom is 0.289 e. The molecule has 0 spiro atoms. The molecule has 0 radical (unpaired) electrons. The molecule has 5 nitrogen and oxygen atoms in total. The number of phenols is 1. The van der Waals surface area contributed by atoms with Crippen LogP contribution in [0.5, 0.6) is 5.75 Å². The molecule has 2 heterocycles. The van der Waals surface area contributed by atoms with Crippen molar-refractivity contribution in [3.63, 3.8) is 0 Å². The molecule has 1 N–H and O–H groups in total. The summed E-state index contributed by atoms with van der Waals surface area (Å²) in [7, 11) is 0. The van der Waals surface area contributed by atoms with Gasteiger partial charge in [0.15, 0.2) is 11.5 Å². The van der Waals surface area contributed by atoms with E-state index >= 15 is 0 Å². The van der Waals surface area contributed by atoms with E-state index in [1.165, 1.54) is 12.1 Å². The van der Waals surface area contributed by atoms with Crippen LogP contribution in [0.2, 0.25) is 5.02 Å². The van der Waals surface area contributed by atoms with Crippen LogP contribution >= 0.6 is 11.6 Å². The number of piperidine rings is 1. The summed E-state index contributed by atoms with van der Waals surface area (Å²) in [5.74, 6) is 0.699. The molecule has 3 aromatic rings. The van der Waals surface area contributed by atoms with E-state index in [4.69, 9.17) is 16.0 Å². The van der Waals surface area contributed by atoms with Crippen molar-refractivity contribution in [3.05, 3.63) is 77.0 Å². The summed E-state index contributed by atoms with van der Waals surface area (Å²) in [6.07, 6.45) is 1.20. The molecule has 29 heavy (non-hydrogen) atoms. The van der Waals surface area contributed by atoms with Gasteiger partial charge < -0.3 is 14.4 Å². The van der Waals surface area contributed by atoms with E-state index in [0.717, 1.165) is 5.56 Å². The van der Waals surface area contributed by atoms with Gasteiger partial charge in [0.1, 0.15) is 11.5 Å². The van der Waals surface area contributed by atoms with E-state index in [0.29, 0.717) is 42.3 Å². The summed E-state index contributed by atoms with van der Waals surface area (Å²) in [5, 5.41) is 9.94. The SMILES string of the molecule is O=C(c1ccc(O)cc1)C1CCN(C(=O)c2ccc(-c3ccccc3Cl)o2)CC1. The van der Waals surface area contributed by atoms with Crippen molar-refractivity contribution in [1.29, 1.82) is 0 Å². The first-order valence-corrected chi connectivity index (χ1v) is 9.88. The lowest BCUT2D eigenvalue weighted by Crippen LogP contribution is -2.40. The van der Waals surface area contributed by atoms with Crippen LogP contribution in [0, 0.1) is 5.92 Å². The Balaban J connectivity index is 1.40. The Morgan fingerprint density at radius 2 is 1.66 bits per heavy atom. The van der Waals surface area contributed by atoms with Crippen LogP contribution in [0.4, 0.5) is 0 Å². The Morgan fingerprint density at radius 1 is 0.966 bits per heavy atom. The Hall–Kier alpha value is -3.05. The minimum atomic E-state index is -0.182. The fourth-order valence-corrected chi connectivity index (χ4v) is 3.85. The van der Waals surface area contributed by atoms with Crippen LogP contribution in [0.1, 0.15) is 33.8 Å². The lowest BCUT2D eigenvalue weighted by Gasteiger charge is -2.30. The molecule has 2 aromatic carbocycles. The highest BCUT2D eigenvalue weighted by Gasteiger charge is 2.29. The van der Waals surface area contributed by atoms with Gasteiger partial charge in [-0.1, -0.05) is 23.7 Å². The second-order valence-electron chi connectivity index (χ2n) is 7.12. The Morgan fingerprint density at radius 3 is 2.34 bits per heavy atom. The summed E-state index contributed by atoms with van der Waals surface area (Å²) < 4.78 is 5.75. The molecule has 1 amide bonds. The minimum Gasteiger partial charge on any atom is -0.508 e. The number of phenolic OH excluding ortho intramolecular Hbond substituents is 1. The van der Waals surface area contributed by atoms with Gasteiger partial charge >= 0.3 is 0 Å². The summed E-state index contributed by atoms with van der Waals surface area (Å²) in [4.78, 5) is 27.2. The van der Waals surface area contributed by atoms with E-state index < -0.39 is 0 Å². The van der Waals surface area contributed by atoms with Crippen molar-refractivity contribution in [2.75, 3.05) is 13.1 Å². The third kappa shape index (κ3) is 4.05. The van der Waals surface area contributed by atoms with Gasteiger partial charge in [-0.15, -0.1) is 0 Å². The number of furan rings is 1. The molecule has 1 aliphatic heterocycles. The van der Waals surface area contributed by atoms with E-state index in [1.54, 1.807) is 35.2 Å². The van der Waals surface area contributed by atoms with Crippen molar-refractivity contribution < 1.29 is 19.1 Å². The number of likely N-dealkylation sites (tertiary alicyclic amines) is 1. The van der Waals surface area contributed by atoms with Gasteiger partial charge in [0.2, 0.25) is 0 Å². The molecule has 0 bridgehead atoms.